The number of rotatable bonds is 3. The highest BCUT2D eigenvalue weighted by Gasteiger charge is 2.18. The van der Waals surface area contributed by atoms with E-state index < -0.39 is 0 Å². The Kier molecular flexibility index (Phi) is 3.90. The van der Waals surface area contributed by atoms with Gasteiger partial charge in [0.05, 0.1) is 11.6 Å². The van der Waals surface area contributed by atoms with Crippen molar-refractivity contribution in [2.75, 3.05) is 0 Å². The van der Waals surface area contributed by atoms with Crippen LogP contribution in [0.1, 0.15) is 54.9 Å². The van der Waals surface area contributed by atoms with Crippen LogP contribution >= 0.6 is 0 Å². The van der Waals surface area contributed by atoms with Crippen molar-refractivity contribution in [3.63, 3.8) is 0 Å². The van der Waals surface area contributed by atoms with Gasteiger partial charge < -0.3 is 0 Å². The second-order valence-corrected chi connectivity index (χ2v) is 5.41. The van der Waals surface area contributed by atoms with Crippen LogP contribution in [-0.2, 0) is 0 Å². The standard InChI is InChI=1S/C16H19N3O/c20-12-14-11-19(15-5-3-1-2-4-6-15)18-16(14)13-7-9-17-10-8-13/h7-12,15H,1-6H2. The van der Waals surface area contributed by atoms with Crippen LogP contribution in [0, 0.1) is 0 Å². The SMILES string of the molecule is O=Cc1cn(C2CCCCCC2)nc1-c1ccncc1. The number of carbonyl (C=O) groups excluding carboxylic acids is 1. The molecule has 3 rings (SSSR count). The molecule has 20 heavy (non-hydrogen) atoms. The first kappa shape index (κ1) is 13.0. The molecule has 1 aliphatic carbocycles. The summed E-state index contributed by atoms with van der Waals surface area (Å²) in [6, 6.07) is 4.23. The predicted octanol–water partition coefficient (Wildman–Crippen LogP) is 3.65. The highest BCUT2D eigenvalue weighted by Crippen LogP contribution is 2.29. The largest absolute Gasteiger partial charge is 0.298 e. The van der Waals surface area contributed by atoms with E-state index in [9.17, 15) is 4.79 Å². The van der Waals surface area contributed by atoms with Crippen molar-refractivity contribution in [3.05, 3.63) is 36.3 Å². The number of nitrogens with zero attached hydrogens (tertiary/aromatic N) is 3. The maximum absolute atomic E-state index is 11.3. The summed E-state index contributed by atoms with van der Waals surface area (Å²) in [7, 11) is 0. The van der Waals surface area contributed by atoms with E-state index in [1.54, 1.807) is 12.4 Å². The van der Waals surface area contributed by atoms with Crippen LogP contribution in [-0.4, -0.2) is 21.1 Å². The molecule has 1 aliphatic rings. The Labute approximate surface area is 118 Å². The molecule has 4 heteroatoms. The molecule has 2 aromatic rings. The minimum atomic E-state index is 0.437. The van der Waals surface area contributed by atoms with Gasteiger partial charge in [0, 0.05) is 24.2 Å². The average molecular weight is 269 g/mol. The van der Waals surface area contributed by atoms with Gasteiger partial charge in [-0.05, 0) is 25.0 Å². The van der Waals surface area contributed by atoms with Crippen molar-refractivity contribution in [3.8, 4) is 11.3 Å². The molecule has 0 amide bonds. The van der Waals surface area contributed by atoms with Gasteiger partial charge in [-0.25, -0.2) is 0 Å². The van der Waals surface area contributed by atoms with Crippen LogP contribution in [0.4, 0.5) is 0 Å². The lowest BCUT2D eigenvalue weighted by Crippen LogP contribution is -2.08. The fourth-order valence-corrected chi connectivity index (χ4v) is 2.94. The zero-order chi connectivity index (χ0) is 13.8. The van der Waals surface area contributed by atoms with Crippen molar-refractivity contribution >= 4 is 6.29 Å². The van der Waals surface area contributed by atoms with E-state index in [1.807, 2.05) is 23.0 Å². The molecule has 0 spiro atoms. The minimum absolute atomic E-state index is 0.437. The van der Waals surface area contributed by atoms with Gasteiger partial charge in [-0.3, -0.25) is 14.5 Å². The Morgan fingerprint density at radius 1 is 1.10 bits per heavy atom. The molecule has 2 heterocycles. The van der Waals surface area contributed by atoms with E-state index >= 15 is 0 Å². The molecule has 0 N–H and O–H groups in total. The van der Waals surface area contributed by atoms with E-state index in [4.69, 9.17) is 0 Å². The minimum Gasteiger partial charge on any atom is -0.298 e. The maximum atomic E-state index is 11.3. The summed E-state index contributed by atoms with van der Waals surface area (Å²) in [5, 5.41) is 4.67. The summed E-state index contributed by atoms with van der Waals surface area (Å²) in [5.74, 6) is 0. The second kappa shape index (κ2) is 5.99. The van der Waals surface area contributed by atoms with Crippen molar-refractivity contribution in [1.82, 2.24) is 14.8 Å². The molecule has 0 bridgehead atoms. The van der Waals surface area contributed by atoms with E-state index in [0.717, 1.165) is 30.4 Å². The Morgan fingerprint density at radius 2 is 1.80 bits per heavy atom. The summed E-state index contributed by atoms with van der Waals surface area (Å²) in [4.78, 5) is 15.3. The van der Waals surface area contributed by atoms with Crippen LogP contribution in [0.15, 0.2) is 30.7 Å². The quantitative estimate of drug-likeness (QED) is 0.631. The monoisotopic (exact) mass is 269 g/mol. The molecule has 0 unspecified atom stereocenters. The topological polar surface area (TPSA) is 47.8 Å². The highest BCUT2D eigenvalue weighted by atomic mass is 16.1. The Morgan fingerprint density at radius 3 is 2.45 bits per heavy atom. The predicted molar refractivity (Wildman–Crippen MR) is 77.6 cm³/mol. The number of hydrogen-bond donors (Lipinski definition) is 0. The van der Waals surface area contributed by atoms with Gasteiger partial charge in [0.2, 0.25) is 0 Å². The van der Waals surface area contributed by atoms with Crippen molar-refractivity contribution in [1.29, 1.82) is 0 Å². The van der Waals surface area contributed by atoms with Gasteiger partial charge in [-0.1, -0.05) is 25.7 Å². The zero-order valence-electron chi connectivity index (χ0n) is 11.5. The molecule has 0 atom stereocenters. The lowest BCUT2D eigenvalue weighted by Gasteiger charge is -2.14. The number of pyridine rings is 1. The van der Waals surface area contributed by atoms with Crippen molar-refractivity contribution in [2.24, 2.45) is 0 Å². The summed E-state index contributed by atoms with van der Waals surface area (Å²) >= 11 is 0. The maximum Gasteiger partial charge on any atom is 0.153 e. The molecule has 0 saturated heterocycles. The first-order valence-corrected chi connectivity index (χ1v) is 7.33. The van der Waals surface area contributed by atoms with Gasteiger partial charge in [0.1, 0.15) is 5.69 Å². The molecular formula is C16H19N3O. The third-order valence-electron chi connectivity index (χ3n) is 4.04. The first-order chi connectivity index (χ1) is 9.88. The number of carbonyl (C=O) groups is 1. The molecule has 1 saturated carbocycles. The summed E-state index contributed by atoms with van der Waals surface area (Å²) < 4.78 is 2.00. The fraction of sp³-hybridized carbons (Fsp3) is 0.438. The first-order valence-electron chi connectivity index (χ1n) is 7.33. The average Bonchev–Trinajstić information content (AvgIpc) is 2.75. The zero-order valence-corrected chi connectivity index (χ0v) is 11.5. The van der Waals surface area contributed by atoms with Crippen molar-refractivity contribution < 1.29 is 4.79 Å². The van der Waals surface area contributed by atoms with E-state index in [0.29, 0.717) is 11.6 Å². The van der Waals surface area contributed by atoms with Crippen LogP contribution in [0.3, 0.4) is 0 Å². The van der Waals surface area contributed by atoms with Gasteiger partial charge in [-0.2, -0.15) is 5.10 Å². The molecule has 1 fully saturated rings. The molecular weight excluding hydrogens is 250 g/mol. The summed E-state index contributed by atoms with van der Waals surface area (Å²) in [6.45, 7) is 0. The highest BCUT2D eigenvalue weighted by molar-refractivity contribution is 5.85. The van der Waals surface area contributed by atoms with Crippen molar-refractivity contribution in [2.45, 2.75) is 44.6 Å². The summed E-state index contributed by atoms with van der Waals surface area (Å²) in [6.07, 6.45) is 13.7. The van der Waals surface area contributed by atoms with E-state index in [-0.39, 0.29) is 0 Å². The van der Waals surface area contributed by atoms with Gasteiger partial charge >= 0.3 is 0 Å². The van der Waals surface area contributed by atoms with Gasteiger partial charge in [0.15, 0.2) is 6.29 Å². The Balaban J connectivity index is 1.94. The van der Waals surface area contributed by atoms with Crippen LogP contribution in [0.5, 0.6) is 0 Å². The lowest BCUT2D eigenvalue weighted by molar-refractivity contribution is 0.112. The molecule has 104 valence electrons. The lowest BCUT2D eigenvalue weighted by atomic mass is 10.1. The third-order valence-corrected chi connectivity index (χ3v) is 4.04. The van der Waals surface area contributed by atoms with Gasteiger partial charge in [0.25, 0.3) is 0 Å². The smallest absolute Gasteiger partial charge is 0.153 e. The molecule has 2 aromatic heterocycles. The van der Waals surface area contributed by atoms with E-state index in [2.05, 4.69) is 10.1 Å². The number of aromatic nitrogens is 3. The Hall–Kier alpha value is -1.97. The third kappa shape index (κ3) is 2.64. The number of aldehydes is 1. The summed E-state index contributed by atoms with van der Waals surface area (Å²) in [5.41, 5.74) is 2.39. The van der Waals surface area contributed by atoms with Crippen LogP contribution < -0.4 is 0 Å². The normalized spacial score (nSPS) is 16.8. The molecule has 4 nitrogen and oxygen atoms in total. The van der Waals surface area contributed by atoms with Crippen LogP contribution in [0.25, 0.3) is 11.3 Å². The van der Waals surface area contributed by atoms with Gasteiger partial charge in [-0.15, -0.1) is 0 Å². The Bertz CT molecular complexity index is 569. The number of hydrogen-bond acceptors (Lipinski definition) is 3. The molecule has 0 aromatic carbocycles. The fourth-order valence-electron chi connectivity index (χ4n) is 2.94. The second-order valence-electron chi connectivity index (χ2n) is 5.41. The molecule has 0 aliphatic heterocycles. The molecule has 0 radical (unpaired) electrons. The van der Waals surface area contributed by atoms with E-state index in [1.165, 1.54) is 25.7 Å². The van der Waals surface area contributed by atoms with Crippen LogP contribution in [0.2, 0.25) is 0 Å².